The van der Waals surface area contributed by atoms with Crippen molar-refractivity contribution in [1.29, 1.82) is 0 Å². The van der Waals surface area contributed by atoms with Crippen LogP contribution in [0.5, 0.6) is 5.75 Å². The number of halogens is 1. The number of nitrogens with one attached hydrogen (secondary N) is 1. The number of rotatable bonds is 4. The van der Waals surface area contributed by atoms with E-state index in [0.717, 1.165) is 0 Å². The Morgan fingerprint density at radius 1 is 1.53 bits per heavy atom. The maximum Gasteiger partial charge on any atom is 0.224 e. The maximum absolute atomic E-state index is 11.3. The van der Waals surface area contributed by atoms with Crippen molar-refractivity contribution < 1.29 is 9.90 Å². The quantitative estimate of drug-likeness (QED) is 0.687. The summed E-state index contributed by atoms with van der Waals surface area (Å²) in [6.07, 6.45) is 1.03. The fraction of sp³-hybridized carbons (Fsp3) is 0.300. The van der Waals surface area contributed by atoms with Crippen LogP contribution in [0.2, 0.25) is 5.02 Å². The van der Waals surface area contributed by atoms with Gasteiger partial charge >= 0.3 is 0 Å². The average Bonchev–Trinajstić information content (AvgIpc) is 2.20. The molecule has 1 aromatic rings. The second-order valence-corrected chi connectivity index (χ2v) is 3.51. The molecule has 0 fully saturated rings. The van der Waals surface area contributed by atoms with Crippen molar-refractivity contribution in [2.45, 2.75) is 12.8 Å². The minimum Gasteiger partial charge on any atom is -0.506 e. The molecule has 0 saturated carbocycles. The van der Waals surface area contributed by atoms with Crippen LogP contribution in [0.4, 0.5) is 5.69 Å². The fourth-order valence-electron chi connectivity index (χ4n) is 1.07. The number of hydrogen-bond acceptors (Lipinski definition) is 3. The second-order valence-electron chi connectivity index (χ2n) is 3.11. The van der Waals surface area contributed by atoms with Crippen LogP contribution in [0.1, 0.15) is 12.8 Å². The third kappa shape index (κ3) is 3.77. The second kappa shape index (κ2) is 5.58. The highest BCUT2D eigenvalue weighted by Gasteiger charge is 2.03. The molecule has 0 saturated heterocycles. The number of benzene rings is 1. The first-order valence-electron chi connectivity index (χ1n) is 4.62. The molecular weight excluding hydrogens is 216 g/mol. The summed E-state index contributed by atoms with van der Waals surface area (Å²) in [6, 6.07) is 4.51. The molecule has 0 aliphatic carbocycles. The van der Waals surface area contributed by atoms with Gasteiger partial charge in [0.05, 0.1) is 5.02 Å². The van der Waals surface area contributed by atoms with Crippen LogP contribution in [0.25, 0.3) is 0 Å². The van der Waals surface area contributed by atoms with Crippen LogP contribution in [-0.2, 0) is 4.79 Å². The highest BCUT2D eigenvalue weighted by molar-refractivity contribution is 6.32. The van der Waals surface area contributed by atoms with Crippen LogP contribution in [0.15, 0.2) is 18.2 Å². The van der Waals surface area contributed by atoms with Gasteiger partial charge in [-0.05, 0) is 31.2 Å². The number of phenols is 1. The largest absolute Gasteiger partial charge is 0.506 e. The van der Waals surface area contributed by atoms with Crippen molar-refractivity contribution in [3.8, 4) is 5.75 Å². The molecule has 1 amide bonds. The zero-order valence-electron chi connectivity index (χ0n) is 8.16. The smallest absolute Gasteiger partial charge is 0.224 e. The summed E-state index contributed by atoms with van der Waals surface area (Å²) in [4.78, 5) is 11.3. The first kappa shape index (κ1) is 11.8. The molecule has 0 aromatic heterocycles. The molecule has 0 heterocycles. The summed E-state index contributed by atoms with van der Waals surface area (Å²) < 4.78 is 0. The van der Waals surface area contributed by atoms with E-state index in [1.165, 1.54) is 12.1 Å². The number of aromatic hydroxyl groups is 1. The molecule has 0 radical (unpaired) electrons. The Morgan fingerprint density at radius 3 is 2.87 bits per heavy atom. The predicted octanol–water partition coefficient (Wildman–Crippen LogP) is 1.72. The number of anilines is 1. The topological polar surface area (TPSA) is 75.4 Å². The molecule has 0 aliphatic heterocycles. The van der Waals surface area contributed by atoms with Crippen LogP contribution in [0.3, 0.4) is 0 Å². The third-order valence-electron chi connectivity index (χ3n) is 1.84. The fourth-order valence-corrected chi connectivity index (χ4v) is 1.25. The van der Waals surface area contributed by atoms with Gasteiger partial charge in [0.15, 0.2) is 0 Å². The Morgan fingerprint density at radius 2 is 2.27 bits per heavy atom. The Hall–Kier alpha value is -1.26. The van der Waals surface area contributed by atoms with Crippen molar-refractivity contribution in [2.75, 3.05) is 11.9 Å². The van der Waals surface area contributed by atoms with Gasteiger partial charge in [-0.2, -0.15) is 0 Å². The molecule has 5 heteroatoms. The Bertz CT molecular complexity index is 355. The van der Waals surface area contributed by atoms with Gasteiger partial charge in [-0.3, -0.25) is 4.79 Å². The molecule has 0 spiro atoms. The lowest BCUT2D eigenvalue weighted by Gasteiger charge is -2.05. The Kier molecular flexibility index (Phi) is 4.39. The van der Waals surface area contributed by atoms with E-state index in [9.17, 15) is 4.79 Å². The summed E-state index contributed by atoms with van der Waals surface area (Å²) in [5.41, 5.74) is 5.85. The van der Waals surface area contributed by atoms with Gasteiger partial charge in [-0.1, -0.05) is 11.6 Å². The number of carbonyl (C=O) groups excluding carboxylic acids is 1. The van der Waals surface area contributed by atoms with E-state index in [4.69, 9.17) is 22.4 Å². The molecule has 1 rings (SSSR count). The highest BCUT2D eigenvalue weighted by Crippen LogP contribution is 2.26. The van der Waals surface area contributed by atoms with Crippen LogP contribution in [-0.4, -0.2) is 17.6 Å². The summed E-state index contributed by atoms with van der Waals surface area (Å²) in [5.74, 6) is -0.112. The number of hydrogen-bond donors (Lipinski definition) is 3. The summed E-state index contributed by atoms with van der Waals surface area (Å²) >= 11 is 5.68. The standard InChI is InChI=1S/C10H13ClN2O2/c11-8-6-7(3-4-9(8)14)13-10(15)2-1-5-12/h3-4,6,14H,1-2,5,12H2,(H,13,15). The van der Waals surface area contributed by atoms with Gasteiger partial charge in [-0.25, -0.2) is 0 Å². The van der Waals surface area contributed by atoms with E-state index >= 15 is 0 Å². The lowest BCUT2D eigenvalue weighted by molar-refractivity contribution is -0.116. The van der Waals surface area contributed by atoms with Gasteiger partial charge in [0.2, 0.25) is 5.91 Å². The van der Waals surface area contributed by atoms with E-state index in [1.54, 1.807) is 6.07 Å². The van der Waals surface area contributed by atoms with Crippen LogP contribution in [0, 0.1) is 0 Å². The summed E-state index contributed by atoms with van der Waals surface area (Å²) in [6.45, 7) is 0.490. The highest BCUT2D eigenvalue weighted by atomic mass is 35.5. The number of carbonyl (C=O) groups is 1. The van der Waals surface area contributed by atoms with E-state index in [2.05, 4.69) is 5.32 Å². The first-order valence-corrected chi connectivity index (χ1v) is 4.99. The Balaban J connectivity index is 2.57. The first-order chi connectivity index (χ1) is 7.13. The maximum atomic E-state index is 11.3. The average molecular weight is 229 g/mol. The number of nitrogens with two attached hydrogens (primary N) is 1. The van der Waals surface area contributed by atoms with Crippen LogP contribution < -0.4 is 11.1 Å². The van der Waals surface area contributed by atoms with Crippen molar-refractivity contribution in [3.05, 3.63) is 23.2 Å². The van der Waals surface area contributed by atoms with E-state index in [1.807, 2.05) is 0 Å². The van der Waals surface area contributed by atoms with Gasteiger partial charge < -0.3 is 16.2 Å². The Labute approximate surface area is 93.0 Å². The number of amides is 1. The summed E-state index contributed by atoms with van der Waals surface area (Å²) in [7, 11) is 0. The van der Waals surface area contributed by atoms with E-state index in [-0.39, 0.29) is 16.7 Å². The van der Waals surface area contributed by atoms with Crippen LogP contribution >= 0.6 is 11.6 Å². The van der Waals surface area contributed by atoms with Gasteiger partial charge in [-0.15, -0.1) is 0 Å². The van der Waals surface area contributed by atoms with Crippen molar-refractivity contribution in [1.82, 2.24) is 0 Å². The molecule has 0 atom stereocenters. The monoisotopic (exact) mass is 228 g/mol. The molecule has 4 N–H and O–H groups in total. The third-order valence-corrected chi connectivity index (χ3v) is 2.14. The van der Waals surface area contributed by atoms with Gasteiger partial charge in [0.1, 0.15) is 5.75 Å². The predicted molar refractivity (Wildman–Crippen MR) is 60.0 cm³/mol. The van der Waals surface area contributed by atoms with Crippen molar-refractivity contribution >= 4 is 23.2 Å². The van der Waals surface area contributed by atoms with E-state index < -0.39 is 0 Å². The summed E-state index contributed by atoms with van der Waals surface area (Å²) in [5, 5.41) is 12.0. The molecule has 0 aliphatic rings. The van der Waals surface area contributed by atoms with E-state index in [0.29, 0.717) is 25.1 Å². The molecule has 4 nitrogen and oxygen atoms in total. The SMILES string of the molecule is NCCCC(=O)Nc1ccc(O)c(Cl)c1. The van der Waals surface area contributed by atoms with Gasteiger partial charge in [0.25, 0.3) is 0 Å². The minimum atomic E-state index is -0.109. The lowest BCUT2D eigenvalue weighted by Crippen LogP contribution is -2.13. The molecule has 0 bridgehead atoms. The molecule has 15 heavy (non-hydrogen) atoms. The van der Waals surface area contributed by atoms with Crippen molar-refractivity contribution in [3.63, 3.8) is 0 Å². The van der Waals surface area contributed by atoms with Crippen molar-refractivity contribution in [2.24, 2.45) is 5.73 Å². The number of phenolic OH excluding ortho intramolecular Hbond substituents is 1. The van der Waals surface area contributed by atoms with Gasteiger partial charge in [0, 0.05) is 12.1 Å². The normalized spacial score (nSPS) is 10.0. The minimum absolute atomic E-state index is 0.00313. The zero-order chi connectivity index (χ0) is 11.3. The zero-order valence-corrected chi connectivity index (χ0v) is 8.92. The molecule has 1 aromatic carbocycles. The molecular formula is C10H13ClN2O2. The lowest BCUT2D eigenvalue weighted by atomic mass is 10.2. The molecule has 82 valence electrons. The molecule has 0 unspecified atom stereocenters.